The molecule has 1 atom stereocenters. The lowest BCUT2D eigenvalue weighted by Crippen LogP contribution is -2.52. The van der Waals surface area contributed by atoms with E-state index in [0.29, 0.717) is 24.5 Å². The van der Waals surface area contributed by atoms with Gasteiger partial charge in [-0.3, -0.25) is 4.98 Å². The maximum atomic E-state index is 13.0. The van der Waals surface area contributed by atoms with Crippen LogP contribution in [0, 0.1) is 6.92 Å². The summed E-state index contributed by atoms with van der Waals surface area (Å²) in [4.78, 5) is 4.53. The number of nitrogens with zero attached hydrogens (tertiary/aromatic N) is 2. The summed E-state index contributed by atoms with van der Waals surface area (Å²) >= 11 is 0. The molecular formula is C15H19N3O2S. The van der Waals surface area contributed by atoms with E-state index >= 15 is 0 Å². The Hall–Kier alpha value is -1.50. The van der Waals surface area contributed by atoms with Gasteiger partial charge >= 0.3 is 0 Å². The summed E-state index contributed by atoms with van der Waals surface area (Å²) in [5.74, 6) is 0. The Kier molecular flexibility index (Phi) is 3.69. The van der Waals surface area contributed by atoms with Gasteiger partial charge in [0.2, 0.25) is 10.0 Å². The van der Waals surface area contributed by atoms with E-state index in [4.69, 9.17) is 0 Å². The van der Waals surface area contributed by atoms with Gasteiger partial charge in [0, 0.05) is 48.8 Å². The first-order valence-electron chi connectivity index (χ1n) is 7.07. The molecule has 21 heavy (non-hydrogen) atoms. The minimum absolute atomic E-state index is 0.0406. The molecule has 6 heteroatoms. The smallest absolute Gasteiger partial charge is 0.244 e. The number of fused-ring (bicyclic) bond motifs is 1. The molecule has 2 aromatic rings. The summed E-state index contributed by atoms with van der Waals surface area (Å²) in [7, 11) is -3.49. The second kappa shape index (κ2) is 5.36. The van der Waals surface area contributed by atoms with Crippen molar-refractivity contribution in [2.75, 3.05) is 19.6 Å². The third kappa shape index (κ3) is 2.43. The molecule has 5 nitrogen and oxygen atoms in total. The number of piperazine rings is 1. The molecule has 0 unspecified atom stereocenters. The summed E-state index contributed by atoms with van der Waals surface area (Å²) in [5.41, 5.74) is 0.884. The molecule has 1 N–H and O–H groups in total. The van der Waals surface area contributed by atoms with Gasteiger partial charge in [-0.2, -0.15) is 4.31 Å². The number of hydrogen-bond donors (Lipinski definition) is 1. The maximum Gasteiger partial charge on any atom is 0.244 e. The predicted molar refractivity (Wildman–Crippen MR) is 82.7 cm³/mol. The average Bonchev–Trinajstić information content (AvgIpc) is 2.47. The Bertz CT molecular complexity index is 768. The molecule has 1 aliphatic heterocycles. The molecule has 112 valence electrons. The fourth-order valence-electron chi connectivity index (χ4n) is 2.89. The van der Waals surface area contributed by atoms with Crippen molar-refractivity contribution >= 4 is 20.8 Å². The lowest BCUT2D eigenvalue weighted by molar-refractivity contribution is 0.284. The van der Waals surface area contributed by atoms with Gasteiger partial charge in [0.15, 0.2) is 0 Å². The highest BCUT2D eigenvalue weighted by Gasteiger charge is 2.32. The molecule has 0 aliphatic carbocycles. The Morgan fingerprint density at radius 2 is 2.14 bits per heavy atom. The summed E-state index contributed by atoms with van der Waals surface area (Å²) < 4.78 is 27.7. The van der Waals surface area contributed by atoms with E-state index in [1.165, 1.54) is 0 Å². The Morgan fingerprint density at radius 1 is 1.33 bits per heavy atom. The van der Waals surface area contributed by atoms with Crippen LogP contribution in [0.25, 0.3) is 10.8 Å². The van der Waals surface area contributed by atoms with Gasteiger partial charge in [-0.25, -0.2) is 8.42 Å². The highest BCUT2D eigenvalue weighted by Crippen LogP contribution is 2.28. The summed E-state index contributed by atoms with van der Waals surface area (Å²) in [5, 5.41) is 4.86. The molecule has 0 saturated carbocycles. The number of nitrogens with one attached hydrogen (secondary N) is 1. The molecule has 2 heterocycles. The SMILES string of the molecule is Cc1cncc2cccc(S(=O)(=O)N3CCNC[C@@H]3C)c12. The number of benzene rings is 1. The first-order valence-corrected chi connectivity index (χ1v) is 8.51. The minimum Gasteiger partial charge on any atom is -0.314 e. The van der Waals surface area contributed by atoms with Crippen LogP contribution in [0.5, 0.6) is 0 Å². The third-order valence-electron chi connectivity index (χ3n) is 3.96. The maximum absolute atomic E-state index is 13.0. The number of rotatable bonds is 2. The second-order valence-electron chi connectivity index (χ2n) is 5.48. The van der Waals surface area contributed by atoms with Crippen molar-refractivity contribution in [2.45, 2.75) is 24.8 Å². The normalized spacial score (nSPS) is 20.8. The van der Waals surface area contributed by atoms with Gasteiger partial charge in [-0.05, 0) is 25.5 Å². The molecule has 1 fully saturated rings. The third-order valence-corrected chi connectivity index (χ3v) is 6.02. The van der Waals surface area contributed by atoms with E-state index in [2.05, 4.69) is 10.3 Å². The molecule has 0 spiro atoms. The van der Waals surface area contributed by atoms with Crippen LogP contribution in [0.4, 0.5) is 0 Å². The fraction of sp³-hybridized carbons (Fsp3) is 0.400. The molecule has 0 radical (unpaired) electrons. The Morgan fingerprint density at radius 3 is 2.90 bits per heavy atom. The van der Waals surface area contributed by atoms with Crippen LogP contribution >= 0.6 is 0 Å². The van der Waals surface area contributed by atoms with Crippen LogP contribution in [-0.4, -0.2) is 43.4 Å². The zero-order valence-electron chi connectivity index (χ0n) is 12.2. The van der Waals surface area contributed by atoms with Crippen molar-refractivity contribution in [1.29, 1.82) is 0 Å². The summed E-state index contributed by atoms with van der Waals surface area (Å²) in [6, 6.07) is 5.33. The standard InChI is InChI=1S/C15H19N3O2S/c1-11-8-17-10-13-4-3-5-14(15(11)13)21(19,20)18-7-6-16-9-12(18)2/h3-5,8,10,12,16H,6-7,9H2,1-2H3/t12-/m0/s1. The van der Waals surface area contributed by atoms with Crippen molar-refractivity contribution in [3.8, 4) is 0 Å². The molecule has 1 saturated heterocycles. The molecule has 0 bridgehead atoms. The van der Waals surface area contributed by atoms with Gasteiger partial charge in [0.25, 0.3) is 0 Å². The highest BCUT2D eigenvalue weighted by molar-refractivity contribution is 7.89. The number of sulfonamides is 1. The molecule has 1 aromatic heterocycles. The monoisotopic (exact) mass is 305 g/mol. The summed E-state index contributed by atoms with van der Waals surface area (Å²) in [6.07, 6.45) is 3.42. The van der Waals surface area contributed by atoms with Crippen molar-refractivity contribution in [1.82, 2.24) is 14.6 Å². The minimum atomic E-state index is -3.49. The zero-order chi connectivity index (χ0) is 15.0. The Balaban J connectivity index is 2.19. The molecule has 1 aliphatic rings. The van der Waals surface area contributed by atoms with E-state index in [0.717, 1.165) is 16.3 Å². The largest absolute Gasteiger partial charge is 0.314 e. The van der Waals surface area contributed by atoms with Gasteiger partial charge in [0.05, 0.1) is 4.90 Å². The zero-order valence-corrected chi connectivity index (χ0v) is 13.0. The highest BCUT2D eigenvalue weighted by atomic mass is 32.2. The van der Waals surface area contributed by atoms with Crippen molar-refractivity contribution in [2.24, 2.45) is 0 Å². The fourth-order valence-corrected chi connectivity index (χ4v) is 4.81. The quantitative estimate of drug-likeness (QED) is 0.914. The van der Waals surface area contributed by atoms with Crippen LogP contribution in [0.1, 0.15) is 12.5 Å². The number of aryl methyl sites for hydroxylation is 1. The van der Waals surface area contributed by atoms with E-state index in [9.17, 15) is 8.42 Å². The number of pyridine rings is 1. The van der Waals surface area contributed by atoms with Crippen LogP contribution in [0.2, 0.25) is 0 Å². The topological polar surface area (TPSA) is 62.3 Å². The van der Waals surface area contributed by atoms with E-state index < -0.39 is 10.0 Å². The first kappa shape index (κ1) is 14.4. The van der Waals surface area contributed by atoms with Crippen molar-refractivity contribution < 1.29 is 8.42 Å². The first-order chi connectivity index (χ1) is 10.0. The average molecular weight is 305 g/mol. The van der Waals surface area contributed by atoms with Crippen molar-refractivity contribution in [3.63, 3.8) is 0 Å². The van der Waals surface area contributed by atoms with Crippen LogP contribution < -0.4 is 5.32 Å². The van der Waals surface area contributed by atoms with Gasteiger partial charge < -0.3 is 5.32 Å². The Labute approximate surface area is 125 Å². The predicted octanol–water partition coefficient (Wildman–Crippen LogP) is 1.53. The number of aromatic nitrogens is 1. The molecule has 1 aromatic carbocycles. The van der Waals surface area contributed by atoms with Crippen LogP contribution in [0.15, 0.2) is 35.5 Å². The summed E-state index contributed by atoms with van der Waals surface area (Å²) in [6.45, 7) is 5.71. The lowest BCUT2D eigenvalue weighted by atomic mass is 10.1. The van der Waals surface area contributed by atoms with E-state index in [1.807, 2.05) is 19.9 Å². The van der Waals surface area contributed by atoms with Gasteiger partial charge in [-0.15, -0.1) is 0 Å². The van der Waals surface area contributed by atoms with E-state index in [-0.39, 0.29) is 6.04 Å². The molecule has 0 amide bonds. The van der Waals surface area contributed by atoms with Gasteiger partial charge in [-0.1, -0.05) is 12.1 Å². The molecular weight excluding hydrogens is 286 g/mol. The second-order valence-corrected chi connectivity index (χ2v) is 7.34. The number of hydrogen-bond acceptors (Lipinski definition) is 4. The van der Waals surface area contributed by atoms with Crippen molar-refractivity contribution in [3.05, 3.63) is 36.2 Å². The lowest BCUT2D eigenvalue weighted by Gasteiger charge is -2.33. The van der Waals surface area contributed by atoms with Crippen LogP contribution in [0.3, 0.4) is 0 Å². The van der Waals surface area contributed by atoms with Gasteiger partial charge in [0.1, 0.15) is 0 Å². The van der Waals surface area contributed by atoms with E-state index in [1.54, 1.807) is 28.8 Å². The molecule has 3 rings (SSSR count). The van der Waals surface area contributed by atoms with Crippen LogP contribution in [-0.2, 0) is 10.0 Å².